The molecule has 0 unspecified atom stereocenters. The van der Waals surface area contributed by atoms with E-state index in [4.69, 9.17) is 9.47 Å². The van der Waals surface area contributed by atoms with Gasteiger partial charge in [0.05, 0.1) is 26.3 Å². The molecule has 43 heavy (non-hydrogen) atoms. The molecule has 0 aliphatic heterocycles. The molecule has 3 aromatic rings. The number of aryl methyl sites for hydroxylation is 1. The fraction of sp³-hybridized carbons (Fsp3) is 0.438. The Labute approximate surface area is 254 Å². The molecule has 1 aliphatic rings. The molecule has 0 spiro atoms. The highest BCUT2D eigenvalue weighted by molar-refractivity contribution is 7.11. The van der Waals surface area contributed by atoms with Gasteiger partial charge in [0.25, 0.3) is 0 Å². The van der Waals surface area contributed by atoms with Crippen molar-refractivity contribution in [1.82, 2.24) is 9.80 Å². The molecule has 1 aliphatic carbocycles. The van der Waals surface area contributed by atoms with Gasteiger partial charge in [-0.05, 0) is 80.3 Å². The first-order valence-electron chi connectivity index (χ1n) is 14.4. The van der Waals surface area contributed by atoms with Crippen LogP contribution in [0.2, 0.25) is 0 Å². The number of nitrogens with zero attached hydrogens (tertiary/aromatic N) is 2. The Morgan fingerprint density at radius 3 is 2.26 bits per heavy atom. The number of alkyl halides is 3. The van der Waals surface area contributed by atoms with Crippen LogP contribution in [0.15, 0.2) is 54.6 Å². The number of urea groups is 1. The van der Waals surface area contributed by atoms with E-state index in [1.165, 1.54) is 12.1 Å². The first-order valence-corrected chi connectivity index (χ1v) is 15.2. The summed E-state index contributed by atoms with van der Waals surface area (Å²) >= 11 is 1.62. The van der Waals surface area contributed by atoms with Crippen molar-refractivity contribution >= 4 is 29.0 Å². The maximum Gasteiger partial charge on any atom is 0.416 e. The second-order valence-corrected chi connectivity index (χ2v) is 12.1. The van der Waals surface area contributed by atoms with Gasteiger partial charge < -0.3 is 24.6 Å². The summed E-state index contributed by atoms with van der Waals surface area (Å²) in [5.74, 6) is 1.03. The van der Waals surface area contributed by atoms with Gasteiger partial charge in [-0.15, -0.1) is 11.3 Å². The number of hydrogen-bond acceptors (Lipinski definition) is 5. The number of anilines is 1. The highest BCUT2D eigenvalue weighted by atomic mass is 32.1. The van der Waals surface area contributed by atoms with E-state index in [1.54, 1.807) is 35.4 Å². The molecule has 11 heteroatoms. The number of hydrogen-bond donors (Lipinski definition) is 1. The van der Waals surface area contributed by atoms with E-state index in [0.29, 0.717) is 31.0 Å². The van der Waals surface area contributed by atoms with Crippen LogP contribution in [-0.2, 0) is 23.9 Å². The summed E-state index contributed by atoms with van der Waals surface area (Å²) in [5, 5.41) is 2.72. The van der Waals surface area contributed by atoms with Crippen LogP contribution in [0.4, 0.5) is 23.7 Å². The molecule has 7 nitrogen and oxygen atoms in total. The van der Waals surface area contributed by atoms with Gasteiger partial charge in [0, 0.05) is 28.0 Å². The second-order valence-electron chi connectivity index (χ2n) is 10.7. The molecule has 0 radical (unpaired) electrons. The molecule has 1 heterocycles. The number of nitrogens with one attached hydrogen (secondary N) is 1. The predicted molar refractivity (Wildman–Crippen MR) is 162 cm³/mol. The van der Waals surface area contributed by atoms with E-state index in [1.807, 2.05) is 37.3 Å². The molecule has 0 atom stereocenters. The summed E-state index contributed by atoms with van der Waals surface area (Å²) in [6.07, 6.45) is 0.587. The highest BCUT2D eigenvalue weighted by Crippen LogP contribution is 2.31. The molecule has 0 bridgehead atoms. The van der Waals surface area contributed by atoms with Crippen molar-refractivity contribution in [2.75, 3.05) is 32.6 Å². The van der Waals surface area contributed by atoms with Crippen molar-refractivity contribution in [2.45, 2.75) is 64.2 Å². The zero-order valence-corrected chi connectivity index (χ0v) is 25.5. The van der Waals surface area contributed by atoms with Crippen LogP contribution in [0.5, 0.6) is 11.5 Å². The van der Waals surface area contributed by atoms with Crippen molar-refractivity contribution in [3.63, 3.8) is 0 Å². The lowest BCUT2D eigenvalue weighted by molar-refractivity contribution is -0.137. The lowest BCUT2D eigenvalue weighted by Gasteiger charge is -2.35. The third kappa shape index (κ3) is 8.89. The van der Waals surface area contributed by atoms with Crippen LogP contribution in [0.25, 0.3) is 0 Å². The number of methoxy groups -OCH3 is 2. The molecule has 0 saturated heterocycles. The zero-order chi connectivity index (χ0) is 31.0. The Balaban J connectivity index is 1.52. The van der Waals surface area contributed by atoms with Crippen LogP contribution in [0, 0.1) is 6.92 Å². The van der Waals surface area contributed by atoms with Gasteiger partial charge in [-0.1, -0.05) is 25.3 Å². The van der Waals surface area contributed by atoms with Crippen molar-refractivity contribution < 1.29 is 32.2 Å². The number of halogens is 3. The summed E-state index contributed by atoms with van der Waals surface area (Å²) in [4.78, 5) is 32.9. The van der Waals surface area contributed by atoms with Gasteiger partial charge in [0.1, 0.15) is 6.54 Å². The summed E-state index contributed by atoms with van der Waals surface area (Å²) in [6.45, 7) is 2.71. The predicted octanol–water partition coefficient (Wildman–Crippen LogP) is 7.53. The largest absolute Gasteiger partial charge is 0.493 e. The monoisotopic (exact) mass is 617 g/mol. The molecule has 1 N–H and O–H groups in total. The Hall–Kier alpha value is -3.73. The molecule has 2 aromatic carbocycles. The van der Waals surface area contributed by atoms with Crippen LogP contribution in [-0.4, -0.2) is 55.1 Å². The smallest absolute Gasteiger partial charge is 0.416 e. The van der Waals surface area contributed by atoms with E-state index >= 15 is 0 Å². The molecule has 1 fully saturated rings. The maximum absolute atomic E-state index is 13.9. The Morgan fingerprint density at radius 1 is 0.953 bits per heavy atom. The molecular weight excluding hydrogens is 579 g/mol. The lowest BCUT2D eigenvalue weighted by Crippen LogP contribution is -2.49. The number of carbonyl (C=O) groups is 2. The van der Waals surface area contributed by atoms with Gasteiger partial charge in [-0.2, -0.15) is 13.2 Å². The average molecular weight is 618 g/mol. The summed E-state index contributed by atoms with van der Waals surface area (Å²) in [6, 6.07) is 13.4. The van der Waals surface area contributed by atoms with E-state index in [0.717, 1.165) is 59.6 Å². The SMILES string of the molecule is COc1ccc(CCN(Cc2ccc(C)s2)C(=O)CN(C(=O)Nc2ccc(C(F)(F)F)cc2)C2CCCCC2)cc1OC. The quantitative estimate of drug-likeness (QED) is 0.242. The number of rotatable bonds is 11. The molecule has 1 saturated carbocycles. The number of ether oxygens (including phenoxy) is 2. The molecule has 4 rings (SSSR count). The van der Waals surface area contributed by atoms with Crippen LogP contribution in [0.3, 0.4) is 0 Å². The Bertz CT molecular complexity index is 1370. The Kier molecular flexibility index (Phi) is 11.0. The van der Waals surface area contributed by atoms with Crippen molar-refractivity contribution in [3.05, 3.63) is 75.5 Å². The minimum Gasteiger partial charge on any atom is -0.493 e. The van der Waals surface area contributed by atoms with Crippen molar-refractivity contribution in [1.29, 1.82) is 0 Å². The van der Waals surface area contributed by atoms with Gasteiger partial charge in [0.15, 0.2) is 11.5 Å². The number of carbonyl (C=O) groups excluding carboxylic acids is 2. The summed E-state index contributed by atoms with van der Waals surface area (Å²) in [7, 11) is 3.15. The molecular formula is C32H38F3N3O4S. The molecule has 1 aromatic heterocycles. The number of thiophene rings is 1. The van der Waals surface area contributed by atoms with Gasteiger partial charge in [-0.3, -0.25) is 4.79 Å². The molecule has 3 amide bonds. The van der Waals surface area contributed by atoms with E-state index in [2.05, 4.69) is 5.32 Å². The summed E-state index contributed by atoms with van der Waals surface area (Å²) in [5.41, 5.74) is 0.423. The third-order valence-corrected chi connectivity index (χ3v) is 8.64. The van der Waals surface area contributed by atoms with E-state index in [-0.39, 0.29) is 24.2 Å². The fourth-order valence-corrected chi connectivity index (χ4v) is 6.20. The standard InChI is InChI=1S/C32H38F3N3O4S/c1-22-9-15-27(43-22)20-37(18-17-23-10-16-28(41-2)29(19-23)42-3)30(39)21-38(26-7-5-4-6-8-26)31(40)36-25-13-11-24(12-14-25)32(33,34)35/h9-16,19,26H,4-8,17-18,20-21H2,1-3H3,(H,36,40). The first-order chi connectivity index (χ1) is 20.6. The topological polar surface area (TPSA) is 71.1 Å². The van der Waals surface area contributed by atoms with Crippen LogP contribution >= 0.6 is 11.3 Å². The third-order valence-electron chi connectivity index (χ3n) is 7.66. The van der Waals surface area contributed by atoms with Gasteiger partial charge >= 0.3 is 12.2 Å². The van der Waals surface area contributed by atoms with Gasteiger partial charge in [-0.25, -0.2) is 4.79 Å². The minimum atomic E-state index is -4.47. The highest BCUT2D eigenvalue weighted by Gasteiger charge is 2.31. The van der Waals surface area contributed by atoms with E-state index < -0.39 is 17.8 Å². The van der Waals surface area contributed by atoms with Gasteiger partial charge in [0.2, 0.25) is 5.91 Å². The summed E-state index contributed by atoms with van der Waals surface area (Å²) < 4.78 is 49.9. The fourth-order valence-electron chi connectivity index (χ4n) is 5.29. The first kappa shape index (κ1) is 32.2. The average Bonchev–Trinajstić information content (AvgIpc) is 3.42. The van der Waals surface area contributed by atoms with Crippen LogP contribution in [0.1, 0.15) is 53.0 Å². The second kappa shape index (κ2) is 14.6. The van der Waals surface area contributed by atoms with E-state index in [9.17, 15) is 22.8 Å². The van der Waals surface area contributed by atoms with Crippen molar-refractivity contribution in [3.8, 4) is 11.5 Å². The lowest BCUT2D eigenvalue weighted by atomic mass is 9.94. The van der Waals surface area contributed by atoms with Crippen molar-refractivity contribution in [2.24, 2.45) is 0 Å². The zero-order valence-electron chi connectivity index (χ0n) is 24.7. The maximum atomic E-state index is 13.9. The number of amides is 3. The minimum absolute atomic E-state index is 0.132. The normalized spacial score (nSPS) is 13.8. The van der Waals surface area contributed by atoms with Crippen LogP contribution < -0.4 is 14.8 Å². The number of benzene rings is 2. The molecule has 232 valence electrons. The Morgan fingerprint density at radius 2 is 1.65 bits per heavy atom.